The minimum absolute atomic E-state index is 0.238. The van der Waals surface area contributed by atoms with Gasteiger partial charge < -0.3 is 19.5 Å². The fourth-order valence-electron chi connectivity index (χ4n) is 3.89. The number of methoxy groups -OCH3 is 3. The van der Waals surface area contributed by atoms with E-state index in [9.17, 15) is 9.59 Å². The largest absolute Gasteiger partial charge is 0.493 e. The fourth-order valence-corrected chi connectivity index (χ4v) is 5.18. The van der Waals surface area contributed by atoms with E-state index in [1.165, 1.54) is 16.2 Å². The van der Waals surface area contributed by atoms with Gasteiger partial charge in [0.25, 0.3) is 11.5 Å². The summed E-state index contributed by atoms with van der Waals surface area (Å²) in [6.07, 6.45) is 4.56. The van der Waals surface area contributed by atoms with Crippen molar-refractivity contribution in [3.63, 3.8) is 0 Å². The van der Waals surface area contributed by atoms with Crippen molar-refractivity contribution in [2.75, 3.05) is 46.3 Å². The lowest BCUT2D eigenvalue weighted by molar-refractivity contribution is -0.122. The van der Waals surface area contributed by atoms with Crippen LogP contribution in [-0.4, -0.2) is 65.5 Å². The predicted octanol–water partition coefficient (Wildman–Crippen LogP) is 3.60. The van der Waals surface area contributed by atoms with Gasteiger partial charge in [0.15, 0.2) is 11.5 Å². The molecule has 194 valence electrons. The standard InChI is InChI=1S/C26H28N4O5S2/c1-33-14-6-11-27-23-18(24(31)29-12-5-4-7-22(29)28-23)16-21-25(32)30(26(36)37-21)13-10-17-8-9-19(34-2)20(15-17)35-3/h4-5,7-9,12,15-16,27H,6,10-11,13-14H2,1-3H3/b21-16-. The van der Waals surface area contributed by atoms with Crippen LogP contribution in [0.15, 0.2) is 52.3 Å². The van der Waals surface area contributed by atoms with Gasteiger partial charge in [-0.2, -0.15) is 0 Å². The van der Waals surface area contributed by atoms with E-state index in [0.29, 0.717) is 63.9 Å². The van der Waals surface area contributed by atoms with Gasteiger partial charge in [-0.1, -0.05) is 36.1 Å². The van der Waals surface area contributed by atoms with Crippen LogP contribution < -0.4 is 20.3 Å². The van der Waals surface area contributed by atoms with Crippen LogP contribution in [-0.2, 0) is 16.0 Å². The van der Waals surface area contributed by atoms with Crippen LogP contribution in [0.1, 0.15) is 17.5 Å². The van der Waals surface area contributed by atoms with E-state index in [4.69, 9.17) is 26.4 Å². The molecule has 1 N–H and O–H groups in total. The average molecular weight is 541 g/mol. The Kier molecular flexibility index (Phi) is 8.80. The molecule has 2 aromatic heterocycles. The molecule has 11 heteroatoms. The van der Waals surface area contributed by atoms with Gasteiger partial charge in [0, 0.05) is 33.0 Å². The third-order valence-corrected chi connectivity index (χ3v) is 7.19. The smallest absolute Gasteiger partial charge is 0.267 e. The summed E-state index contributed by atoms with van der Waals surface area (Å²) in [5.41, 5.74) is 1.54. The normalized spacial score (nSPS) is 14.6. The number of carbonyl (C=O) groups excluding carboxylic acids is 1. The van der Waals surface area contributed by atoms with Gasteiger partial charge in [0.05, 0.1) is 24.7 Å². The number of thiocarbonyl (C=S) groups is 1. The van der Waals surface area contributed by atoms with E-state index in [1.807, 2.05) is 24.3 Å². The van der Waals surface area contributed by atoms with Crippen LogP contribution in [0, 0.1) is 0 Å². The third kappa shape index (κ3) is 5.95. The molecule has 0 unspecified atom stereocenters. The summed E-state index contributed by atoms with van der Waals surface area (Å²) >= 11 is 6.69. The van der Waals surface area contributed by atoms with Crippen molar-refractivity contribution in [3.05, 3.63) is 69.0 Å². The average Bonchev–Trinajstić information content (AvgIpc) is 3.18. The Hall–Kier alpha value is -3.41. The highest BCUT2D eigenvalue weighted by molar-refractivity contribution is 8.26. The SMILES string of the molecule is COCCCNc1nc2ccccn2c(=O)c1/C=C1\SC(=S)N(CCc2ccc(OC)c(OC)c2)C1=O. The number of thioether (sulfide) groups is 1. The molecule has 37 heavy (non-hydrogen) atoms. The molecule has 1 aromatic carbocycles. The first-order valence-corrected chi connectivity index (χ1v) is 12.9. The molecule has 0 radical (unpaired) electrons. The topological polar surface area (TPSA) is 94.4 Å². The molecular formula is C26H28N4O5S2. The van der Waals surface area contributed by atoms with Gasteiger partial charge in [-0.05, 0) is 48.7 Å². The molecule has 0 bridgehead atoms. The van der Waals surface area contributed by atoms with Crippen molar-refractivity contribution in [2.45, 2.75) is 12.8 Å². The molecule has 1 aliphatic rings. The molecule has 3 heterocycles. The molecule has 1 amide bonds. The molecule has 4 rings (SSSR count). The molecule has 3 aromatic rings. The monoisotopic (exact) mass is 540 g/mol. The summed E-state index contributed by atoms with van der Waals surface area (Å²) in [4.78, 5) is 33.2. The van der Waals surface area contributed by atoms with E-state index in [2.05, 4.69) is 10.3 Å². The maximum atomic E-state index is 13.3. The first-order valence-electron chi connectivity index (χ1n) is 11.7. The number of amides is 1. The van der Waals surface area contributed by atoms with Crippen molar-refractivity contribution >= 4 is 51.7 Å². The molecule has 0 aliphatic carbocycles. The number of hydrogen-bond donors (Lipinski definition) is 1. The van der Waals surface area contributed by atoms with Gasteiger partial charge in [0.1, 0.15) is 15.8 Å². The maximum Gasteiger partial charge on any atom is 0.267 e. The lowest BCUT2D eigenvalue weighted by Gasteiger charge is -2.15. The number of fused-ring (bicyclic) bond motifs is 1. The molecule has 1 fully saturated rings. The number of carbonyl (C=O) groups is 1. The Morgan fingerprint density at radius 2 is 1.92 bits per heavy atom. The van der Waals surface area contributed by atoms with Crippen LogP contribution in [0.4, 0.5) is 5.82 Å². The van der Waals surface area contributed by atoms with Crippen LogP contribution in [0.5, 0.6) is 11.5 Å². The predicted molar refractivity (Wildman–Crippen MR) is 150 cm³/mol. The van der Waals surface area contributed by atoms with Crippen molar-refractivity contribution in [1.29, 1.82) is 0 Å². The molecule has 1 aliphatic heterocycles. The maximum absolute atomic E-state index is 13.3. The van der Waals surface area contributed by atoms with Crippen LogP contribution >= 0.6 is 24.0 Å². The Morgan fingerprint density at radius 1 is 1.11 bits per heavy atom. The van der Waals surface area contributed by atoms with E-state index in [-0.39, 0.29) is 11.5 Å². The number of anilines is 1. The number of nitrogens with zero attached hydrogens (tertiary/aromatic N) is 3. The first-order chi connectivity index (χ1) is 18.0. The summed E-state index contributed by atoms with van der Waals surface area (Å²) in [5.74, 6) is 1.45. The van der Waals surface area contributed by atoms with Gasteiger partial charge in [0.2, 0.25) is 0 Å². The summed E-state index contributed by atoms with van der Waals surface area (Å²) in [6.45, 7) is 1.54. The van der Waals surface area contributed by atoms with Crippen molar-refractivity contribution in [2.24, 2.45) is 0 Å². The van der Waals surface area contributed by atoms with Crippen LogP contribution in [0.3, 0.4) is 0 Å². The highest BCUT2D eigenvalue weighted by atomic mass is 32.2. The summed E-state index contributed by atoms with van der Waals surface area (Å²) in [7, 11) is 4.81. The second kappa shape index (κ2) is 12.2. The van der Waals surface area contributed by atoms with Crippen molar-refractivity contribution in [3.8, 4) is 11.5 Å². The summed E-state index contributed by atoms with van der Waals surface area (Å²) < 4.78 is 17.7. The quantitative estimate of drug-likeness (QED) is 0.222. The Labute approximate surface area is 224 Å². The number of hydrogen-bond acceptors (Lipinski definition) is 9. The molecule has 9 nitrogen and oxygen atoms in total. The van der Waals surface area contributed by atoms with Gasteiger partial charge in [-0.25, -0.2) is 4.98 Å². The van der Waals surface area contributed by atoms with Gasteiger partial charge >= 0.3 is 0 Å². The first kappa shape index (κ1) is 26.6. The molecular weight excluding hydrogens is 512 g/mol. The minimum Gasteiger partial charge on any atom is -0.493 e. The Balaban J connectivity index is 1.58. The number of aromatic nitrogens is 2. The number of ether oxygens (including phenoxy) is 3. The molecule has 0 spiro atoms. The Bertz CT molecular complexity index is 1410. The van der Waals surface area contributed by atoms with Crippen LogP contribution in [0.2, 0.25) is 0 Å². The van der Waals surface area contributed by atoms with E-state index in [0.717, 1.165) is 12.0 Å². The zero-order valence-corrected chi connectivity index (χ0v) is 22.5. The number of nitrogens with one attached hydrogen (secondary N) is 1. The summed E-state index contributed by atoms with van der Waals surface area (Å²) in [6, 6.07) is 11.0. The lowest BCUT2D eigenvalue weighted by atomic mass is 10.1. The second-order valence-corrected chi connectivity index (χ2v) is 9.83. The van der Waals surface area contributed by atoms with E-state index >= 15 is 0 Å². The molecule has 1 saturated heterocycles. The van der Waals surface area contributed by atoms with Gasteiger partial charge in [-0.3, -0.25) is 18.9 Å². The highest BCUT2D eigenvalue weighted by Crippen LogP contribution is 2.34. The zero-order chi connectivity index (χ0) is 26.4. The number of pyridine rings is 1. The Morgan fingerprint density at radius 3 is 2.68 bits per heavy atom. The highest BCUT2D eigenvalue weighted by Gasteiger charge is 2.32. The van der Waals surface area contributed by atoms with E-state index < -0.39 is 0 Å². The fraction of sp³-hybridized carbons (Fsp3) is 0.308. The number of rotatable bonds is 11. The lowest BCUT2D eigenvalue weighted by Crippen LogP contribution is -2.30. The molecule has 0 saturated carbocycles. The van der Waals surface area contributed by atoms with E-state index in [1.54, 1.807) is 50.6 Å². The second-order valence-electron chi connectivity index (χ2n) is 8.15. The van der Waals surface area contributed by atoms with Crippen LogP contribution in [0.25, 0.3) is 11.7 Å². The minimum atomic E-state index is -0.268. The van der Waals surface area contributed by atoms with Crippen molar-refractivity contribution in [1.82, 2.24) is 14.3 Å². The van der Waals surface area contributed by atoms with Gasteiger partial charge in [-0.15, -0.1) is 0 Å². The zero-order valence-electron chi connectivity index (χ0n) is 20.9. The molecule has 0 atom stereocenters. The third-order valence-electron chi connectivity index (χ3n) is 5.81. The van der Waals surface area contributed by atoms with Crippen molar-refractivity contribution < 1.29 is 19.0 Å². The number of benzene rings is 1. The summed E-state index contributed by atoms with van der Waals surface area (Å²) in [5, 5.41) is 3.22.